The Hall–Kier alpha value is -0.990. The molecule has 0 unspecified atom stereocenters. The van der Waals surface area contributed by atoms with Crippen molar-refractivity contribution in [1.29, 1.82) is 0 Å². The van der Waals surface area contributed by atoms with Gasteiger partial charge < -0.3 is 5.11 Å². The highest BCUT2D eigenvalue weighted by Crippen LogP contribution is 2.26. The molecule has 0 fully saturated rings. The fourth-order valence-electron chi connectivity index (χ4n) is 2.25. The Morgan fingerprint density at radius 2 is 1.50 bits per heavy atom. The van der Waals surface area contributed by atoms with Crippen LogP contribution >= 0.6 is 0 Å². The van der Waals surface area contributed by atoms with Crippen molar-refractivity contribution in [2.75, 3.05) is 0 Å². The second-order valence-corrected chi connectivity index (χ2v) is 6.52. The summed E-state index contributed by atoms with van der Waals surface area (Å²) in [6, 6.07) is 0. The van der Waals surface area contributed by atoms with Gasteiger partial charge in [-0.05, 0) is 30.6 Å². The third kappa shape index (κ3) is 4.04. The molecule has 0 saturated heterocycles. The highest BCUT2D eigenvalue weighted by atomic mass is 16.3. The van der Waals surface area contributed by atoms with Crippen LogP contribution < -0.4 is 0 Å². The van der Waals surface area contributed by atoms with Gasteiger partial charge in [-0.25, -0.2) is 0 Å². The molecular weight excluding hydrogens is 224 g/mol. The van der Waals surface area contributed by atoms with Crippen molar-refractivity contribution >= 4 is 0 Å². The molecule has 0 saturated carbocycles. The van der Waals surface area contributed by atoms with E-state index in [1.807, 2.05) is 4.68 Å². The molecule has 0 amide bonds. The summed E-state index contributed by atoms with van der Waals surface area (Å²) in [7, 11) is 0. The molecule has 0 aromatic carbocycles. The smallest absolute Gasteiger partial charge is 0.233 e. The van der Waals surface area contributed by atoms with Crippen molar-refractivity contribution in [1.82, 2.24) is 9.78 Å². The van der Waals surface area contributed by atoms with Crippen LogP contribution in [0.4, 0.5) is 0 Å². The minimum absolute atomic E-state index is 0.236. The van der Waals surface area contributed by atoms with Crippen LogP contribution in [-0.4, -0.2) is 14.9 Å². The number of aromatic nitrogens is 2. The van der Waals surface area contributed by atoms with Crippen LogP contribution in [0.2, 0.25) is 0 Å². The molecule has 0 aliphatic heterocycles. The van der Waals surface area contributed by atoms with Crippen LogP contribution in [0, 0.1) is 17.8 Å². The van der Waals surface area contributed by atoms with Gasteiger partial charge in [0.25, 0.3) is 0 Å². The maximum atomic E-state index is 10.1. The first kappa shape index (κ1) is 15.1. The minimum atomic E-state index is 0.236. The van der Waals surface area contributed by atoms with Gasteiger partial charge in [0.2, 0.25) is 5.88 Å². The molecule has 0 bridgehead atoms. The lowest BCUT2D eigenvalue weighted by atomic mass is 9.98. The highest BCUT2D eigenvalue weighted by Gasteiger charge is 2.19. The van der Waals surface area contributed by atoms with E-state index < -0.39 is 0 Å². The minimum Gasteiger partial charge on any atom is -0.492 e. The van der Waals surface area contributed by atoms with Crippen LogP contribution in [0.15, 0.2) is 0 Å². The van der Waals surface area contributed by atoms with E-state index in [0.29, 0.717) is 17.8 Å². The lowest BCUT2D eigenvalue weighted by molar-refractivity contribution is 0.411. The molecule has 0 aliphatic rings. The highest BCUT2D eigenvalue weighted by molar-refractivity contribution is 5.31. The SMILES string of the molecule is CC(C)Cc1c(O)nn(CC(C)C)c1CC(C)C. The Bertz CT molecular complexity index is 378. The van der Waals surface area contributed by atoms with E-state index in [0.717, 1.165) is 24.9 Å². The fourth-order valence-corrected chi connectivity index (χ4v) is 2.25. The van der Waals surface area contributed by atoms with Crippen LogP contribution in [0.1, 0.15) is 52.8 Å². The molecule has 3 heteroatoms. The Morgan fingerprint density at radius 3 is 1.94 bits per heavy atom. The molecule has 0 radical (unpaired) electrons. The van der Waals surface area contributed by atoms with Crippen molar-refractivity contribution in [3.63, 3.8) is 0 Å². The van der Waals surface area contributed by atoms with Gasteiger partial charge >= 0.3 is 0 Å². The molecule has 1 rings (SSSR count). The van der Waals surface area contributed by atoms with Crippen molar-refractivity contribution < 1.29 is 5.11 Å². The monoisotopic (exact) mass is 252 g/mol. The molecule has 1 aromatic rings. The van der Waals surface area contributed by atoms with Gasteiger partial charge in [-0.2, -0.15) is 0 Å². The van der Waals surface area contributed by atoms with E-state index in [2.05, 4.69) is 46.6 Å². The molecule has 0 atom stereocenters. The summed E-state index contributed by atoms with van der Waals surface area (Å²) >= 11 is 0. The number of rotatable bonds is 6. The number of hydrogen-bond acceptors (Lipinski definition) is 2. The largest absolute Gasteiger partial charge is 0.492 e. The Balaban J connectivity index is 3.09. The number of hydrogen-bond donors (Lipinski definition) is 1. The van der Waals surface area contributed by atoms with E-state index in [1.54, 1.807) is 0 Å². The first-order valence-corrected chi connectivity index (χ1v) is 7.08. The van der Waals surface area contributed by atoms with Gasteiger partial charge in [-0.3, -0.25) is 4.68 Å². The quantitative estimate of drug-likeness (QED) is 0.839. The Morgan fingerprint density at radius 1 is 0.944 bits per heavy atom. The van der Waals surface area contributed by atoms with Gasteiger partial charge in [0.15, 0.2) is 0 Å². The number of aromatic hydroxyl groups is 1. The summed E-state index contributed by atoms with van der Waals surface area (Å²) in [5.74, 6) is 1.90. The number of nitrogens with zero attached hydrogens (tertiary/aromatic N) is 2. The molecule has 1 N–H and O–H groups in total. The second-order valence-electron chi connectivity index (χ2n) is 6.52. The molecule has 0 aliphatic carbocycles. The normalized spacial score (nSPS) is 12.1. The predicted molar refractivity (Wildman–Crippen MR) is 75.8 cm³/mol. The predicted octanol–water partition coefficient (Wildman–Crippen LogP) is 3.64. The van der Waals surface area contributed by atoms with E-state index in [4.69, 9.17) is 0 Å². The van der Waals surface area contributed by atoms with Gasteiger partial charge in [-0.15, -0.1) is 5.10 Å². The summed E-state index contributed by atoms with van der Waals surface area (Å²) < 4.78 is 2.01. The molecule has 18 heavy (non-hydrogen) atoms. The molecular formula is C15H28N2O. The summed E-state index contributed by atoms with van der Waals surface area (Å²) in [6.07, 6.45) is 1.90. The maximum absolute atomic E-state index is 10.1. The van der Waals surface area contributed by atoms with Crippen molar-refractivity contribution in [2.45, 2.75) is 60.9 Å². The molecule has 1 heterocycles. The lowest BCUT2D eigenvalue weighted by Crippen LogP contribution is -2.13. The molecule has 0 spiro atoms. The summed E-state index contributed by atoms with van der Waals surface area (Å²) in [4.78, 5) is 0. The van der Waals surface area contributed by atoms with Gasteiger partial charge in [-0.1, -0.05) is 41.5 Å². The van der Waals surface area contributed by atoms with E-state index >= 15 is 0 Å². The van der Waals surface area contributed by atoms with Crippen molar-refractivity contribution in [2.24, 2.45) is 17.8 Å². The average molecular weight is 252 g/mol. The fraction of sp³-hybridized carbons (Fsp3) is 0.800. The van der Waals surface area contributed by atoms with Gasteiger partial charge in [0.05, 0.1) is 0 Å². The third-order valence-electron chi connectivity index (χ3n) is 2.90. The van der Waals surface area contributed by atoms with Crippen molar-refractivity contribution in [3.8, 4) is 5.88 Å². The van der Waals surface area contributed by atoms with E-state index in [1.165, 1.54) is 5.69 Å². The summed E-state index contributed by atoms with van der Waals surface area (Å²) in [6.45, 7) is 14.0. The Kier molecular flexibility index (Phi) is 5.24. The standard InChI is InChI=1S/C15H28N2O/c1-10(2)7-13-14(8-11(3)4)17(9-12(5)6)16-15(13)18/h10-12H,7-9H2,1-6H3,(H,16,18). The van der Waals surface area contributed by atoms with Gasteiger partial charge in [0, 0.05) is 17.8 Å². The summed E-state index contributed by atoms with van der Waals surface area (Å²) in [5.41, 5.74) is 2.28. The van der Waals surface area contributed by atoms with Gasteiger partial charge in [0.1, 0.15) is 0 Å². The lowest BCUT2D eigenvalue weighted by Gasteiger charge is -2.13. The molecule has 104 valence electrons. The maximum Gasteiger partial charge on any atom is 0.233 e. The molecule has 1 aromatic heterocycles. The van der Waals surface area contributed by atoms with Crippen molar-refractivity contribution in [3.05, 3.63) is 11.3 Å². The summed E-state index contributed by atoms with van der Waals surface area (Å²) in [5, 5.41) is 14.4. The topological polar surface area (TPSA) is 38.1 Å². The van der Waals surface area contributed by atoms with Crippen LogP contribution in [0.3, 0.4) is 0 Å². The van der Waals surface area contributed by atoms with E-state index in [-0.39, 0.29) is 5.88 Å². The van der Waals surface area contributed by atoms with E-state index in [9.17, 15) is 5.11 Å². The zero-order valence-corrected chi connectivity index (χ0v) is 12.7. The van der Waals surface area contributed by atoms with Crippen LogP contribution in [0.25, 0.3) is 0 Å². The van der Waals surface area contributed by atoms with Crippen LogP contribution in [-0.2, 0) is 19.4 Å². The first-order chi connectivity index (χ1) is 8.31. The second kappa shape index (κ2) is 6.26. The Labute approximate surface area is 111 Å². The van der Waals surface area contributed by atoms with Crippen LogP contribution in [0.5, 0.6) is 5.88 Å². The first-order valence-electron chi connectivity index (χ1n) is 7.08. The average Bonchev–Trinajstić information content (AvgIpc) is 2.43. The third-order valence-corrected chi connectivity index (χ3v) is 2.90. The zero-order valence-electron chi connectivity index (χ0n) is 12.7. The zero-order chi connectivity index (χ0) is 13.9. The molecule has 3 nitrogen and oxygen atoms in total.